The third kappa shape index (κ3) is 6.17. The zero-order chi connectivity index (χ0) is 12.4. The van der Waals surface area contributed by atoms with Gasteiger partial charge in [0.25, 0.3) is 0 Å². The first-order valence-corrected chi connectivity index (χ1v) is 5.20. The highest BCUT2D eigenvalue weighted by Crippen LogP contribution is 1.94. The first-order valence-electron chi connectivity index (χ1n) is 5.20. The summed E-state index contributed by atoms with van der Waals surface area (Å²) >= 11 is 0. The van der Waals surface area contributed by atoms with Crippen LogP contribution in [0.3, 0.4) is 0 Å². The van der Waals surface area contributed by atoms with E-state index >= 15 is 0 Å². The maximum Gasteiger partial charge on any atom is 0.236 e. The van der Waals surface area contributed by atoms with Gasteiger partial charge in [-0.2, -0.15) is 5.26 Å². The molecule has 0 atom stereocenters. The van der Waals surface area contributed by atoms with Gasteiger partial charge < -0.3 is 10.0 Å². The summed E-state index contributed by atoms with van der Waals surface area (Å²) in [7, 11) is 1.67. The summed E-state index contributed by atoms with van der Waals surface area (Å²) in [4.78, 5) is 15.0. The van der Waals surface area contributed by atoms with E-state index in [9.17, 15) is 4.79 Å². The molecule has 0 unspecified atom stereocenters. The molecule has 0 rings (SSSR count). The smallest absolute Gasteiger partial charge is 0.236 e. The number of rotatable bonds is 8. The highest BCUT2D eigenvalue weighted by atomic mass is 16.3. The van der Waals surface area contributed by atoms with Gasteiger partial charge in [-0.15, -0.1) is 6.58 Å². The number of amides is 1. The lowest BCUT2D eigenvalue weighted by atomic mass is 10.3. The topological polar surface area (TPSA) is 67.6 Å². The lowest BCUT2D eigenvalue weighted by Gasteiger charge is -2.22. The van der Waals surface area contributed by atoms with Crippen LogP contribution in [-0.4, -0.2) is 60.6 Å². The molecule has 5 nitrogen and oxygen atoms in total. The van der Waals surface area contributed by atoms with E-state index < -0.39 is 0 Å². The van der Waals surface area contributed by atoms with Gasteiger partial charge in [-0.05, 0) is 0 Å². The van der Waals surface area contributed by atoms with E-state index in [1.165, 1.54) is 4.90 Å². The van der Waals surface area contributed by atoms with E-state index in [1.54, 1.807) is 18.0 Å². The van der Waals surface area contributed by atoms with E-state index in [0.717, 1.165) is 0 Å². The van der Waals surface area contributed by atoms with E-state index in [0.29, 0.717) is 26.1 Å². The van der Waals surface area contributed by atoms with Crippen LogP contribution in [0.15, 0.2) is 12.7 Å². The second-order valence-electron chi connectivity index (χ2n) is 3.47. The Balaban J connectivity index is 4.06. The first kappa shape index (κ1) is 14.6. The summed E-state index contributed by atoms with van der Waals surface area (Å²) in [6.45, 7) is 5.31. The number of likely N-dealkylation sites (N-methyl/N-ethyl adjacent to an activating group) is 1. The van der Waals surface area contributed by atoms with E-state index in [4.69, 9.17) is 10.4 Å². The molecule has 1 amide bonds. The van der Waals surface area contributed by atoms with Crippen molar-refractivity contribution in [1.82, 2.24) is 9.80 Å². The van der Waals surface area contributed by atoms with Gasteiger partial charge in [-0.25, -0.2) is 0 Å². The maximum absolute atomic E-state index is 11.7. The molecular weight excluding hydrogens is 206 g/mol. The summed E-state index contributed by atoms with van der Waals surface area (Å²) < 4.78 is 0. The average molecular weight is 225 g/mol. The molecule has 0 aromatic rings. The molecular formula is C11H19N3O2. The van der Waals surface area contributed by atoms with Crippen LogP contribution in [0.4, 0.5) is 0 Å². The summed E-state index contributed by atoms with van der Waals surface area (Å²) in [5.41, 5.74) is 0. The molecule has 0 saturated heterocycles. The van der Waals surface area contributed by atoms with Gasteiger partial charge in [-0.3, -0.25) is 9.69 Å². The summed E-state index contributed by atoms with van der Waals surface area (Å²) in [6, 6.07) is 1.99. The maximum atomic E-state index is 11.7. The van der Waals surface area contributed by atoms with Crippen LogP contribution in [0.2, 0.25) is 0 Å². The Labute approximate surface area is 96.6 Å². The van der Waals surface area contributed by atoms with Crippen molar-refractivity contribution < 1.29 is 9.90 Å². The second-order valence-corrected chi connectivity index (χ2v) is 3.47. The van der Waals surface area contributed by atoms with Crippen LogP contribution >= 0.6 is 0 Å². The van der Waals surface area contributed by atoms with E-state index in [1.807, 2.05) is 6.07 Å². The molecule has 0 saturated carbocycles. The molecule has 0 bridgehead atoms. The lowest BCUT2D eigenvalue weighted by Crippen LogP contribution is -2.40. The Morgan fingerprint density at radius 2 is 2.25 bits per heavy atom. The fourth-order valence-electron chi connectivity index (χ4n) is 1.21. The van der Waals surface area contributed by atoms with Crippen molar-refractivity contribution in [3.63, 3.8) is 0 Å². The van der Waals surface area contributed by atoms with Gasteiger partial charge in [0.15, 0.2) is 0 Å². The second kappa shape index (κ2) is 8.89. The quantitative estimate of drug-likeness (QED) is 0.583. The van der Waals surface area contributed by atoms with Gasteiger partial charge in [-0.1, -0.05) is 6.08 Å². The number of nitriles is 1. The largest absolute Gasteiger partial charge is 0.395 e. The molecule has 0 aliphatic carbocycles. The molecule has 90 valence electrons. The number of aliphatic hydroxyl groups excluding tert-OH is 1. The van der Waals surface area contributed by atoms with Crippen molar-refractivity contribution in [2.75, 3.05) is 39.8 Å². The Hall–Kier alpha value is -1.38. The molecule has 0 aliphatic heterocycles. The number of hydrogen-bond donors (Lipinski definition) is 1. The summed E-state index contributed by atoms with van der Waals surface area (Å²) in [5.74, 6) is -0.0504. The predicted molar refractivity (Wildman–Crippen MR) is 61.6 cm³/mol. The van der Waals surface area contributed by atoms with E-state index in [-0.39, 0.29) is 19.1 Å². The van der Waals surface area contributed by atoms with Crippen LogP contribution in [0.1, 0.15) is 6.42 Å². The van der Waals surface area contributed by atoms with Crippen molar-refractivity contribution in [2.24, 2.45) is 0 Å². The SMILES string of the molecule is C=CCN(CCO)CC(=O)N(C)CCC#N. The molecule has 16 heavy (non-hydrogen) atoms. The minimum absolute atomic E-state index is 0.0169. The Bertz CT molecular complexity index is 260. The third-order valence-electron chi connectivity index (χ3n) is 2.15. The number of hydrogen-bond acceptors (Lipinski definition) is 4. The molecule has 0 aromatic heterocycles. The van der Waals surface area contributed by atoms with Crippen LogP contribution in [0.25, 0.3) is 0 Å². The zero-order valence-corrected chi connectivity index (χ0v) is 9.72. The molecule has 0 radical (unpaired) electrons. The fourth-order valence-corrected chi connectivity index (χ4v) is 1.21. The standard InChI is InChI=1S/C11H19N3O2/c1-3-6-14(8-9-15)10-11(16)13(2)7-4-5-12/h3,15H,1,4,6-10H2,2H3. The monoisotopic (exact) mass is 225 g/mol. The van der Waals surface area contributed by atoms with Crippen molar-refractivity contribution >= 4 is 5.91 Å². The van der Waals surface area contributed by atoms with Crippen LogP contribution < -0.4 is 0 Å². The van der Waals surface area contributed by atoms with Crippen LogP contribution in [0.5, 0.6) is 0 Å². The normalized spacial score (nSPS) is 9.88. The number of aliphatic hydroxyl groups is 1. The summed E-state index contributed by atoms with van der Waals surface area (Å²) in [6.07, 6.45) is 2.03. The van der Waals surface area contributed by atoms with Crippen LogP contribution in [0, 0.1) is 11.3 Å². The number of carbonyl (C=O) groups excluding carboxylic acids is 1. The van der Waals surface area contributed by atoms with Gasteiger partial charge in [0.05, 0.1) is 25.6 Å². The van der Waals surface area contributed by atoms with Gasteiger partial charge >= 0.3 is 0 Å². The molecule has 0 aromatic carbocycles. The van der Waals surface area contributed by atoms with Gasteiger partial charge in [0, 0.05) is 26.7 Å². The minimum atomic E-state index is -0.0504. The van der Waals surface area contributed by atoms with Crippen molar-refractivity contribution in [1.29, 1.82) is 5.26 Å². The molecule has 1 N–H and O–H groups in total. The molecule has 0 aliphatic rings. The fraction of sp³-hybridized carbons (Fsp3) is 0.636. The van der Waals surface area contributed by atoms with Gasteiger partial charge in [0.1, 0.15) is 0 Å². The van der Waals surface area contributed by atoms with Crippen LogP contribution in [-0.2, 0) is 4.79 Å². The average Bonchev–Trinajstić information content (AvgIpc) is 2.26. The lowest BCUT2D eigenvalue weighted by molar-refractivity contribution is -0.131. The third-order valence-corrected chi connectivity index (χ3v) is 2.15. The van der Waals surface area contributed by atoms with Crippen molar-refractivity contribution in [2.45, 2.75) is 6.42 Å². The highest BCUT2D eigenvalue weighted by Gasteiger charge is 2.12. The predicted octanol–water partition coefficient (Wildman–Crippen LogP) is -0.161. The Morgan fingerprint density at radius 1 is 1.56 bits per heavy atom. The molecule has 0 heterocycles. The Kier molecular flexibility index (Phi) is 8.12. The summed E-state index contributed by atoms with van der Waals surface area (Å²) in [5, 5.41) is 17.2. The van der Waals surface area contributed by atoms with Crippen molar-refractivity contribution in [3.05, 3.63) is 12.7 Å². The van der Waals surface area contributed by atoms with Gasteiger partial charge in [0.2, 0.25) is 5.91 Å². The Morgan fingerprint density at radius 3 is 2.75 bits per heavy atom. The highest BCUT2D eigenvalue weighted by molar-refractivity contribution is 5.78. The number of nitrogens with zero attached hydrogens (tertiary/aromatic N) is 3. The number of carbonyl (C=O) groups is 1. The first-order chi connectivity index (χ1) is 7.65. The van der Waals surface area contributed by atoms with Crippen molar-refractivity contribution in [3.8, 4) is 6.07 Å². The molecule has 0 fully saturated rings. The van der Waals surface area contributed by atoms with E-state index in [2.05, 4.69) is 6.58 Å². The minimum Gasteiger partial charge on any atom is -0.395 e. The molecule has 0 spiro atoms. The molecule has 5 heteroatoms. The zero-order valence-electron chi connectivity index (χ0n) is 9.72.